The average Bonchev–Trinajstić information content (AvgIpc) is 2.42. The highest BCUT2D eigenvalue weighted by atomic mass is 79.9. The van der Waals surface area contributed by atoms with Crippen LogP contribution in [-0.4, -0.2) is 13.0 Å². The van der Waals surface area contributed by atoms with Crippen molar-refractivity contribution in [3.05, 3.63) is 57.0 Å². The molecule has 110 valence electrons. The Morgan fingerprint density at radius 1 is 1.33 bits per heavy atom. The Kier molecular flexibility index (Phi) is 5.26. The van der Waals surface area contributed by atoms with Crippen molar-refractivity contribution in [2.45, 2.75) is 13.3 Å². The minimum atomic E-state index is -0.104. The normalized spacial score (nSPS) is 10.3. The van der Waals surface area contributed by atoms with E-state index in [1.807, 2.05) is 31.2 Å². The van der Waals surface area contributed by atoms with Crippen LogP contribution in [0.25, 0.3) is 0 Å². The average molecular weight is 369 g/mol. The summed E-state index contributed by atoms with van der Waals surface area (Å²) in [5.41, 5.74) is 2.45. The van der Waals surface area contributed by atoms with Gasteiger partial charge in [-0.2, -0.15) is 0 Å². The highest BCUT2D eigenvalue weighted by Crippen LogP contribution is 2.31. The van der Waals surface area contributed by atoms with Crippen molar-refractivity contribution in [2.24, 2.45) is 0 Å². The fraction of sp³-hybridized carbons (Fsp3) is 0.188. The van der Waals surface area contributed by atoms with Gasteiger partial charge >= 0.3 is 0 Å². The van der Waals surface area contributed by atoms with Gasteiger partial charge < -0.3 is 10.1 Å². The number of anilines is 1. The number of amides is 1. The van der Waals surface area contributed by atoms with Gasteiger partial charge in [0.15, 0.2) is 0 Å². The van der Waals surface area contributed by atoms with Crippen molar-refractivity contribution in [1.82, 2.24) is 0 Å². The van der Waals surface area contributed by atoms with E-state index in [4.69, 9.17) is 16.3 Å². The number of carbonyl (C=O) groups excluding carboxylic acids is 1. The molecule has 2 rings (SSSR count). The van der Waals surface area contributed by atoms with E-state index in [0.717, 1.165) is 15.6 Å². The maximum absolute atomic E-state index is 12.1. The molecule has 0 aliphatic heterocycles. The molecule has 0 heterocycles. The maximum Gasteiger partial charge on any atom is 0.228 e. The van der Waals surface area contributed by atoms with Crippen molar-refractivity contribution in [3.8, 4) is 5.75 Å². The third-order valence-corrected chi connectivity index (χ3v) is 3.91. The third-order valence-electron chi connectivity index (χ3n) is 3.01. The summed E-state index contributed by atoms with van der Waals surface area (Å²) in [6.07, 6.45) is 0.296. The number of hydrogen-bond donors (Lipinski definition) is 1. The van der Waals surface area contributed by atoms with Crippen LogP contribution in [-0.2, 0) is 11.2 Å². The van der Waals surface area contributed by atoms with Gasteiger partial charge in [-0.15, -0.1) is 0 Å². The summed E-state index contributed by atoms with van der Waals surface area (Å²) in [6, 6.07) is 11.2. The number of ether oxygens (including phenoxy) is 1. The molecule has 0 saturated heterocycles. The van der Waals surface area contributed by atoms with E-state index in [2.05, 4.69) is 21.2 Å². The largest absolute Gasteiger partial charge is 0.495 e. The smallest absolute Gasteiger partial charge is 0.228 e. The Morgan fingerprint density at radius 2 is 2.10 bits per heavy atom. The van der Waals surface area contributed by atoms with E-state index in [9.17, 15) is 4.79 Å². The molecule has 0 unspecified atom stereocenters. The predicted molar refractivity (Wildman–Crippen MR) is 89.2 cm³/mol. The Balaban J connectivity index is 2.14. The molecule has 2 aromatic carbocycles. The second-order valence-corrected chi connectivity index (χ2v) is 5.98. The van der Waals surface area contributed by atoms with Gasteiger partial charge in [-0.25, -0.2) is 0 Å². The molecule has 0 fully saturated rings. The molecule has 0 aromatic heterocycles. The molecule has 1 amide bonds. The lowest BCUT2D eigenvalue weighted by Gasteiger charge is -2.12. The Bertz CT molecular complexity index is 673. The van der Waals surface area contributed by atoms with Crippen LogP contribution in [0.15, 0.2) is 40.9 Å². The molecule has 2 aromatic rings. The van der Waals surface area contributed by atoms with E-state index in [0.29, 0.717) is 22.9 Å². The minimum Gasteiger partial charge on any atom is -0.495 e. The maximum atomic E-state index is 12.1. The lowest BCUT2D eigenvalue weighted by molar-refractivity contribution is -0.115. The molecule has 0 saturated carbocycles. The molecular weight excluding hydrogens is 354 g/mol. The molecule has 0 atom stereocenters. The van der Waals surface area contributed by atoms with Crippen molar-refractivity contribution in [1.29, 1.82) is 0 Å². The number of hydrogen-bond acceptors (Lipinski definition) is 2. The lowest BCUT2D eigenvalue weighted by atomic mass is 10.1. The predicted octanol–water partition coefficient (Wildman–Crippen LogP) is 4.60. The molecular formula is C16H15BrClNO2. The standard InChI is InChI=1S/C16H15BrClNO2/c1-10-6-14(15(21-2)9-13(10)18)19-16(20)8-11-4-3-5-12(17)7-11/h3-7,9H,8H2,1-2H3,(H,19,20). The fourth-order valence-corrected chi connectivity index (χ4v) is 2.56. The topological polar surface area (TPSA) is 38.3 Å². The van der Waals surface area contributed by atoms with Crippen LogP contribution >= 0.6 is 27.5 Å². The lowest BCUT2D eigenvalue weighted by Crippen LogP contribution is -2.15. The summed E-state index contributed by atoms with van der Waals surface area (Å²) in [5.74, 6) is 0.446. The van der Waals surface area contributed by atoms with Crippen molar-refractivity contribution in [3.63, 3.8) is 0 Å². The van der Waals surface area contributed by atoms with Crippen LogP contribution in [0.5, 0.6) is 5.75 Å². The van der Waals surface area contributed by atoms with E-state index in [-0.39, 0.29) is 5.91 Å². The van der Waals surface area contributed by atoms with E-state index >= 15 is 0 Å². The van der Waals surface area contributed by atoms with E-state index in [1.165, 1.54) is 0 Å². The summed E-state index contributed by atoms with van der Waals surface area (Å²) in [4.78, 5) is 12.1. The number of carbonyl (C=O) groups is 1. The second-order valence-electron chi connectivity index (χ2n) is 4.66. The second kappa shape index (κ2) is 6.96. The van der Waals surface area contributed by atoms with Gasteiger partial charge in [0.2, 0.25) is 5.91 Å². The van der Waals surface area contributed by atoms with Crippen LogP contribution in [0.1, 0.15) is 11.1 Å². The van der Waals surface area contributed by atoms with Gasteiger partial charge in [0.25, 0.3) is 0 Å². The first-order valence-electron chi connectivity index (χ1n) is 6.38. The summed E-state index contributed by atoms with van der Waals surface area (Å²) >= 11 is 9.44. The fourth-order valence-electron chi connectivity index (χ4n) is 1.96. The SMILES string of the molecule is COc1cc(Cl)c(C)cc1NC(=O)Cc1cccc(Br)c1. The Morgan fingerprint density at radius 3 is 2.76 bits per heavy atom. The van der Waals surface area contributed by atoms with E-state index in [1.54, 1.807) is 19.2 Å². The van der Waals surface area contributed by atoms with Gasteiger partial charge in [-0.3, -0.25) is 4.79 Å². The molecule has 5 heteroatoms. The molecule has 0 aliphatic carbocycles. The first kappa shape index (κ1) is 15.9. The molecule has 3 nitrogen and oxygen atoms in total. The molecule has 0 bridgehead atoms. The highest BCUT2D eigenvalue weighted by molar-refractivity contribution is 9.10. The Hall–Kier alpha value is -1.52. The van der Waals surface area contributed by atoms with Gasteiger partial charge in [-0.1, -0.05) is 39.7 Å². The van der Waals surface area contributed by atoms with Crippen LogP contribution in [0.3, 0.4) is 0 Å². The number of methoxy groups -OCH3 is 1. The van der Waals surface area contributed by atoms with Crippen LogP contribution in [0.2, 0.25) is 5.02 Å². The van der Waals surface area contributed by atoms with Crippen molar-refractivity contribution < 1.29 is 9.53 Å². The Labute approximate surface area is 137 Å². The van der Waals surface area contributed by atoms with Crippen molar-refractivity contribution in [2.75, 3.05) is 12.4 Å². The number of aryl methyl sites for hydroxylation is 1. The van der Waals surface area contributed by atoms with Gasteiger partial charge in [0.05, 0.1) is 19.2 Å². The first-order chi connectivity index (χ1) is 9.99. The third kappa shape index (κ3) is 4.22. The number of benzene rings is 2. The summed E-state index contributed by atoms with van der Waals surface area (Å²) in [7, 11) is 1.55. The van der Waals surface area contributed by atoms with Gasteiger partial charge in [0.1, 0.15) is 5.75 Å². The molecule has 0 aliphatic rings. The molecule has 21 heavy (non-hydrogen) atoms. The minimum absolute atomic E-state index is 0.104. The molecule has 1 N–H and O–H groups in total. The van der Waals surface area contributed by atoms with Gasteiger partial charge in [-0.05, 0) is 36.2 Å². The van der Waals surface area contributed by atoms with Crippen LogP contribution in [0, 0.1) is 6.92 Å². The van der Waals surface area contributed by atoms with Crippen LogP contribution in [0.4, 0.5) is 5.69 Å². The number of halogens is 2. The zero-order chi connectivity index (χ0) is 15.4. The zero-order valence-electron chi connectivity index (χ0n) is 11.7. The number of rotatable bonds is 4. The zero-order valence-corrected chi connectivity index (χ0v) is 14.1. The first-order valence-corrected chi connectivity index (χ1v) is 7.55. The summed E-state index contributed by atoms with van der Waals surface area (Å²) < 4.78 is 6.20. The summed E-state index contributed by atoms with van der Waals surface area (Å²) in [5, 5.41) is 3.47. The summed E-state index contributed by atoms with van der Waals surface area (Å²) in [6.45, 7) is 1.88. The van der Waals surface area contributed by atoms with Crippen molar-refractivity contribution >= 4 is 39.1 Å². The van der Waals surface area contributed by atoms with E-state index < -0.39 is 0 Å². The molecule has 0 spiro atoms. The van der Waals surface area contributed by atoms with Crippen LogP contribution < -0.4 is 10.1 Å². The van der Waals surface area contributed by atoms with Gasteiger partial charge in [0, 0.05) is 15.6 Å². The number of nitrogens with one attached hydrogen (secondary N) is 1. The quantitative estimate of drug-likeness (QED) is 0.856. The molecule has 0 radical (unpaired) electrons. The monoisotopic (exact) mass is 367 g/mol. The highest BCUT2D eigenvalue weighted by Gasteiger charge is 2.11.